The maximum absolute atomic E-state index is 13.5. The molecule has 2 fully saturated rings. The summed E-state index contributed by atoms with van der Waals surface area (Å²) in [6, 6.07) is 11.0. The quantitative estimate of drug-likeness (QED) is 0.198. The van der Waals surface area contributed by atoms with Gasteiger partial charge >= 0.3 is 0 Å². The lowest BCUT2D eigenvalue weighted by molar-refractivity contribution is -0.384. The monoisotopic (exact) mass is 475 g/mol. The predicted molar refractivity (Wildman–Crippen MR) is 121 cm³/mol. The van der Waals surface area contributed by atoms with Crippen LogP contribution in [-0.2, 0) is 9.59 Å². The summed E-state index contributed by atoms with van der Waals surface area (Å²) in [7, 11) is 1.49. The van der Waals surface area contributed by atoms with E-state index >= 15 is 0 Å². The number of ether oxygens (including phenoxy) is 1. The molecular formula is C25H21N3O7. The Kier molecular flexibility index (Phi) is 5.43. The Morgan fingerprint density at radius 2 is 1.51 bits per heavy atom. The van der Waals surface area contributed by atoms with Gasteiger partial charge < -0.3 is 4.74 Å². The molecule has 2 aromatic carbocycles. The van der Waals surface area contributed by atoms with Gasteiger partial charge in [0.25, 0.3) is 23.4 Å². The minimum Gasteiger partial charge on any atom is -0.497 e. The van der Waals surface area contributed by atoms with Crippen LogP contribution in [0.5, 0.6) is 5.75 Å². The molecule has 1 saturated carbocycles. The summed E-state index contributed by atoms with van der Waals surface area (Å²) in [4.78, 5) is 63.7. The first kappa shape index (κ1) is 22.5. The van der Waals surface area contributed by atoms with Gasteiger partial charge in [0.15, 0.2) is 5.78 Å². The number of nitro groups is 1. The number of hydrazine groups is 1. The lowest BCUT2D eigenvalue weighted by atomic mass is 9.85. The molecule has 0 N–H and O–H groups in total. The van der Waals surface area contributed by atoms with E-state index in [1.807, 2.05) is 12.2 Å². The van der Waals surface area contributed by atoms with Crippen LogP contribution in [0.15, 0.2) is 60.7 Å². The molecule has 1 saturated heterocycles. The van der Waals surface area contributed by atoms with Crippen LogP contribution in [0.25, 0.3) is 0 Å². The first-order valence-electron chi connectivity index (χ1n) is 11.1. The molecule has 0 radical (unpaired) electrons. The number of benzene rings is 2. The number of nitro benzene ring substituents is 1. The lowest BCUT2D eigenvalue weighted by Gasteiger charge is -2.30. The van der Waals surface area contributed by atoms with E-state index < -0.39 is 46.8 Å². The molecule has 10 heteroatoms. The molecule has 0 spiro atoms. The van der Waals surface area contributed by atoms with Crippen LogP contribution in [-0.4, -0.2) is 52.1 Å². The van der Waals surface area contributed by atoms with Gasteiger partial charge in [-0.25, -0.2) is 5.01 Å². The number of hydrogen-bond acceptors (Lipinski definition) is 7. The fraction of sp³-hybridized carbons (Fsp3) is 0.280. The summed E-state index contributed by atoms with van der Waals surface area (Å²) in [5.74, 6) is -2.97. The summed E-state index contributed by atoms with van der Waals surface area (Å²) >= 11 is 0. The maximum Gasteiger partial charge on any atom is 0.273 e. The van der Waals surface area contributed by atoms with Crippen molar-refractivity contribution < 1.29 is 28.8 Å². The first-order valence-corrected chi connectivity index (χ1v) is 11.1. The Morgan fingerprint density at radius 1 is 0.971 bits per heavy atom. The van der Waals surface area contributed by atoms with E-state index in [0.717, 1.165) is 28.6 Å². The number of Topliss-reactive ketones (excluding diaryl/α,β-unsaturated/α-hetero) is 1. The van der Waals surface area contributed by atoms with Gasteiger partial charge in [0.05, 0.1) is 23.9 Å². The summed E-state index contributed by atoms with van der Waals surface area (Å²) in [6.45, 7) is -0.554. The molecule has 178 valence electrons. The summed E-state index contributed by atoms with van der Waals surface area (Å²) in [6.07, 6.45) is 4.60. The molecule has 2 bridgehead atoms. The molecule has 2 aliphatic carbocycles. The lowest BCUT2D eigenvalue weighted by Crippen LogP contribution is -2.52. The Hall–Kier alpha value is -4.34. The number of allylic oxidation sites excluding steroid dienone is 2. The normalized spacial score (nSPS) is 24.0. The van der Waals surface area contributed by atoms with Gasteiger partial charge in [0.2, 0.25) is 0 Å². The van der Waals surface area contributed by atoms with Crippen molar-refractivity contribution in [3.8, 4) is 5.75 Å². The van der Waals surface area contributed by atoms with Crippen molar-refractivity contribution in [3.63, 3.8) is 0 Å². The zero-order chi connectivity index (χ0) is 24.9. The highest BCUT2D eigenvalue weighted by Gasteiger charge is 2.61. The van der Waals surface area contributed by atoms with Crippen molar-refractivity contribution >= 4 is 29.2 Å². The summed E-state index contributed by atoms with van der Waals surface area (Å²) in [5.41, 5.74) is 0.0677. The molecule has 10 nitrogen and oxygen atoms in total. The molecule has 0 aromatic heterocycles. The molecular weight excluding hydrogens is 454 g/mol. The number of ketones is 1. The van der Waals surface area contributed by atoms with E-state index in [-0.39, 0.29) is 28.7 Å². The number of carbonyl (C=O) groups excluding carboxylic acids is 4. The number of hydrogen-bond donors (Lipinski definition) is 0. The van der Waals surface area contributed by atoms with Crippen LogP contribution in [0.4, 0.5) is 5.69 Å². The van der Waals surface area contributed by atoms with Gasteiger partial charge in [-0.05, 0) is 54.7 Å². The second-order valence-electron chi connectivity index (χ2n) is 8.81. The summed E-state index contributed by atoms with van der Waals surface area (Å²) < 4.78 is 5.10. The third-order valence-corrected chi connectivity index (χ3v) is 6.95. The highest BCUT2D eigenvalue weighted by molar-refractivity contribution is 6.10. The number of fused-ring (bicyclic) bond motifs is 5. The van der Waals surface area contributed by atoms with Crippen molar-refractivity contribution in [2.45, 2.75) is 6.42 Å². The number of methoxy groups -OCH3 is 1. The van der Waals surface area contributed by atoms with E-state index in [0.29, 0.717) is 5.75 Å². The molecule has 5 rings (SSSR count). The van der Waals surface area contributed by atoms with E-state index in [1.54, 1.807) is 12.1 Å². The molecule has 3 amide bonds. The zero-order valence-corrected chi connectivity index (χ0v) is 18.7. The van der Waals surface area contributed by atoms with Gasteiger partial charge in [-0.3, -0.25) is 29.3 Å². The fourth-order valence-corrected chi connectivity index (χ4v) is 5.24. The van der Waals surface area contributed by atoms with Gasteiger partial charge in [0, 0.05) is 23.3 Å². The third kappa shape index (κ3) is 3.67. The van der Waals surface area contributed by atoms with Gasteiger partial charge in [-0.15, -0.1) is 0 Å². The topological polar surface area (TPSA) is 127 Å². The third-order valence-electron chi connectivity index (χ3n) is 6.95. The maximum atomic E-state index is 13.5. The van der Waals surface area contributed by atoms with Crippen LogP contribution < -0.4 is 4.74 Å². The standard InChI is InChI=1S/C25H21N3O7/c1-35-19-10-6-14(7-11-19)20(29)13-26(23(30)15-4-8-18(9-5-15)28(33)34)27-24(31)21-16-2-3-17(12-16)22(21)25(27)32/h2-11,16-17,21-22H,12-13H2,1H3/t16-,17-,21+,22+/m0/s1. The number of carbonyl (C=O) groups is 4. The Balaban J connectivity index is 1.48. The molecule has 0 unspecified atom stereocenters. The average molecular weight is 475 g/mol. The summed E-state index contributed by atoms with van der Waals surface area (Å²) in [5, 5.41) is 12.7. The van der Waals surface area contributed by atoms with E-state index in [1.165, 1.54) is 31.4 Å². The molecule has 4 atom stereocenters. The van der Waals surface area contributed by atoms with Crippen LogP contribution in [0.1, 0.15) is 27.1 Å². The van der Waals surface area contributed by atoms with Crippen LogP contribution in [0, 0.1) is 33.8 Å². The highest BCUT2D eigenvalue weighted by Crippen LogP contribution is 2.52. The number of nitrogens with zero attached hydrogens (tertiary/aromatic N) is 3. The smallest absolute Gasteiger partial charge is 0.273 e. The fourth-order valence-electron chi connectivity index (χ4n) is 5.24. The van der Waals surface area contributed by atoms with Crippen molar-refractivity contribution in [1.82, 2.24) is 10.0 Å². The van der Waals surface area contributed by atoms with E-state index in [9.17, 15) is 29.3 Å². The number of imide groups is 1. The van der Waals surface area contributed by atoms with Crippen molar-refractivity contribution in [1.29, 1.82) is 0 Å². The average Bonchev–Trinajstić information content (AvgIpc) is 3.56. The van der Waals surface area contributed by atoms with Crippen molar-refractivity contribution in [3.05, 3.63) is 81.9 Å². The largest absolute Gasteiger partial charge is 0.497 e. The van der Waals surface area contributed by atoms with Gasteiger partial charge in [0.1, 0.15) is 12.3 Å². The van der Waals surface area contributed by atoms with Crippen molar-refractivity contribution in [2.24, 2.45) is 23.7 Å². The number of rotatable bonds is 7. The molecule has 2 aromatic rings. The molecule has 1 aliphatic heterocycles. The van der Waals surface area contributed by atoms with Gasteiger partial charge in [-0.2, -0.15) is 5.01 Å². The Labute approximate surface area is 199 Å². The second kappa shape index (κ2) is 8.46. The van der Waals surface area contributed by atoms with Crippen LogP contribution in [0.2, 0.25) is 0 Å². The van der Waals surface area contributed by atoms with E-state index in [4.69, 9.17) is 4.74 Å². The Bertz CT molecular complexity index is 1240. The van der Waals surface area contributed by atoms with Crippen molar-refractivity contribution in [2.75, 3.05) is 13.7 Å². The predicted octanol–water partition coefficient (Wildman–Crippen LogP) is 2.65. The second-order valence-corrected chi connectivity index (χ2v) is 8.81. The molecule has 35 heavy (non-hydrogen) atoms. The minimum absolute atomic E-state index is 0.0110. The Morgan fingerprint density at radius 3 is 2.03 bits per heavy atom. The van der Waals surface area contributed by atoms with Crippen LogP contribution in [0.3, 0.4) is 0 Å². The minimum atomic E-state index is -0.774. The number of amides is 3. The highest BCUT2D eigenvalue weighted by atomic mass is 16.6. The number of non-ortho nitro benzene ring substituents is 1. The first-order chi connectivity index (χ1) is 16.8. The van der Waals surface area contributed by atoms with Crippen LogP contribution >= 0.6 is 0 Å². The molecule has 3 aliphatic rings. The SMILES string of the molecule is COc1ccc(C(=O)CN(C(=O)c2ccc([N+](=O)[O-])cc2)N2C(=O)[C@H]3[C@H](C2=O)[C@H]2C=C[C@H]3C2)cc1. The van der Waals surface area contributed by atoms with E-state index in [2.05, 4.69) is 0 Å². The molecule has 1 heterocycles. The van der Waals surface area contributed by atoms with Gasteiger partial charge in [-0.1, -0.05) is 12.2 Å². The zero-order valence-electron chi connectivity index (χ0n) is 18.7.